The van der Waals surface area contributed by atoms with Crippen LogP contribution in [0.15, 0.2) is 42.5 Å². The summed E-state index contributed by atoms with van der Waals surface area (Å²) in [4.78, 5) is 24.8. The first-order valence-electron chi connectivity index (χ1n) is 10.3. The fourth-order valence-corrected chi connectivity index (χ4v) is 3.71. The highest BCUT2D eigenvalue weighted by Crippen LogP contribution is 2.22. The molecule has 0 spiro atoms. The zero-order valence-electron chi connectivity index (χ0n) is 17.2. The maximum Gasteiger partial charge on any atom is 0.253 e. The van der Waals surface area contributed by atoms with Crippen molar-refractivity contribution in [2.75, 3.05) is 19.0 Å². The molecule has 3 N–H and O–H groups in total. The van der Waals surface area contributed by atoms with Crippen LogP contribution in [0.5, 0.6) is 5.75 Å². The van der Waals surface area contributed by atoms with Gasteiger partial charge in [0.1, 0.15) is 5.75 Å². The van der Waals surface area contributed by atoms with Gasteiger partial charge in [0.15, 0.2) is 0 Å². The molecule has 3 rings (SSSR count). The smallest absolute Gasteiger partial charge is 0.253 e. The number of hydrogen-bond acceptors (Lipinski definition) is 4. The van der Waals surface area contributed by atoms with Crippen LogP contribution < -0.4 is 20.7 Å². The van der Waals surface area contributed by atoms with Gasteiger partial charge in [0.05, 0.1) is 24.2 Å². The minimum absolute atomic E-state index is 0.0987. The van der Waals surface area contributed by atoms with E-state index < -0.39 is 0 Å². The molecular weight excluding hydrogens is 402 g/mol. The minimum Gasteiger partial charge on any atom is -0.497 e. The summed E-state index contributed by atoms with van der Waals surface area (Å²) in [5.74, 6) is 0.464. The maximum absolute atomic E-state index is 12.6. The molecule has 1 aliphatic rings. The molecule has 7 heteroatoms. The second-order valence-electron chi connectivity index (χ2n) is 7.48. The molecule has 6 nitrogen and oxygen atoms in total. The lowest BCUT2D eigenvalue weighted by atomic mass is 9.95. The Morgan fingerprint density at radius 2 is 1.80 bits per heavy atom. The van der Waals surface area contributed by atoms with Crippen molar-refractivity contribution in [1.29, 1.82) is 0 Å². The van der Waals surface area contributed by atoms with Gasteiger partial charge in [0, 0.05) is 18.3 Å². The summed E-state index contributed by atoms with van der Waals surface area (Å²) in [6.07, 6.45) is 5.54. The van der Waals surface area contributed by atoms with Gasteiger partial charge in [0.25, 0.3) is 5.91 Å². The van der Waals surface area contributed by atoms with E-state index in [1.807, 2.05) is 24.3 Å². The number of carbonyl (C=O) groups excluding carboxylic acids is 2. The van der Waals surface area contributed by atoms with E-state index in [0.29, 0.717) is 22.8 Å². The Balaban J connectivity index is 1.50. The van der Waals surface area contributed by atoms with Crippen molar-refractivity contribution in [3.63, 3.8) is 0 Å². The molecule has 160 valence electrons. The van der Waals surface area contributed by atoms with E-state index in [1.54, 1.807) is 25.3 Å². The Bertz CT molecular complexity index is 864. The summed E-state index contributed by atoms with van der Waals surface area (Å²) in [7, 11) is 1.62. The summed E-state index contributed by atoms with van der Waals surface area (Å²) in [6.45, 7) is 0.529. The molecule has 0 atom stereocenters. The van der Waals surface area contributed by atoms with Crippen LogP contribution >= 0.6 is 11.6 Å². The normalized spacial score (nSPS) is 14.1. The van der Waals surface area contributed by atoms with Crippen molar-refractivity contribution in [2.45, 2.75) is 44.7 Å². The predicted octanol–water partition coefficient (Wildman–Crippen LogP) is 4.14. The Hall–Kier alpha value is -2.73. The number of methoxy groups -OCH3 is 1. The molecule has 1 aliphatic carbocycles. The SMILES string of the molecule is COc1ccc(CNC(=O)CNc2ccc(Cl)c(C(=O)NC3CCCCC3)c2)cc1. The van der Waals surface area contributed by atoms with Gasteiger partial charge in [-0.05, 0) is 48.7 Å². The molecule has 0 heterocycles. The standard InChI is InChI=1S/C23H28ClN3O3/c1-30-19-10-7-16(8-11-19)14-26-22(28)15-25-18-9-12-21(24)20(13-18)23(29)27-17-5-3-2-4-6-17/h7-13,17,25H,2-6,14-15H2,1H3,(H,26,28)(H,27,29). The van der Waals surface area contributed by atoms with Gasteiger partial charge in [-0.15, -0.1) is 0 Å². The number of anilines is 1. The molecule has 1 saturated carbocycles. The van der Waals surface area contributed by atoms with Crippen molar-refractivity contribution in [2.24, 2.45) is 0 Å². The second-order valence-corrected chi connectivity index (χ2v) is 7.89. The lowest BCUT2D eigenvalue weighted by Crippen LogP contribution is -2.36. The van der Waals surface area contributed by atoms with Crippen LogP contribution in [0.2, 0.25) is 5.02 Å². The van der Waals surface area contributed by atoms with Crippen LogP contribution in [0.4, 0.5) is 5.69 Å². The quantitative estimate of drug-likeness (QED) is 0.589. The summed E-state index contributed by atoms with van der Waals surface area (Å²) >= 11 is 6.23. The fraction of sp³-hybridized carbons (Fsp3) is 0.391. The average molecular weight is 430 g/mol. The minimum atomic E-state index is -0.167. The molecule has 2 aromatic rings. The Morgan fingerprint density at radius 1 is 1.07 bits per heavy atom. The van der Waals surface area contributed by atoms with Gasteiger partial charge in [-0.2, -0.15) is 0 Å². The highest BCUT2D eigenvalue weighted by atomic mass is 35.5. The number of rotatable bonds is 8. The van der Waals surface area contributed by atoms with Gasteiger partial charge in [0.2, 0.25) is 5.91 Å². The van der Waals surface area contributed by atoms with Crippen molar-refractivity contribution in [1.82, 2.24) is 10.6 Å². The summed E-state index contributed by atoms with van der Waals surface area (Å²) in [5, 5.41) is 9.39. The number of halogens is 1. The maximum atomic E-state index is 12.6. The third kappa shape index (κ3) is 6.39. The first kappa shape index (κ1) is 22.0. The predicted molar refractivity (Wildman–Crippen MR) is 119 cm³/mol. The topological polar surface area (TPSA) is 79.5 Å². The molecule has 0 aromatic heterocycles. The zero-order valence-corrected chi connectivity index (χ0v) is 17.9. The molecule has 1 fully saturated rings. The van der Waals surface area contributed by atoms with Gasteiger partial charge < -0.3 is 20.7 Å². The van der Waals surface area contributed by atoms with E-state index in [4.69, 9.17) is 16.3 Å². The first-order chi connectivity index (χ1) is 14.5. The van der Waals surface area contributed by atoms with Crippen LogP contribution in [-0.4, -0.2) is 31.5 Å². The van der Waals surface area contributed by atoms with Gasteiger partial charge in [-0.1, -0.05) is 43.0 Å². The highest BCUT2D eigenvalue weighted by Gasteiger charge is 2.18. The molecule has 2 amide bonds. The number of ether oxygens (including phenoxy) is 1. The van der Waals surface area contributed by atoms with Crippen molar-refractivity contribution >= 4 is 29.1 Å². The van der Waals surface area contributed by atoms with E-state index >= 15 is 0 Å². The summed E-state index contributed by atoms with van der Waals surface area (Å²) < 4.78 is 5.12. The number of benzene rings is 2. The van der Waals surface area contributed by atoms with Gasteiger partial charge in [-0.25, -0.2) is 0 Å². The van der Waals surface area contributed by atoms with Gasteiger partial charge >= 0.3 is 0 Å². The Kier molecular flexibility index (Phi) is 7.97. The Labute approximate surface area is 182 Å². The van der Waals surface area contributed by atoms with Crippen LogP contribution in [0.25, 0.3) is 0 Å². The third-order valence-electron chi connectivity index (χ3n) is 5.25. The lowest BCUT2D eigenvalue weighted by molar-refractivity contribution is -0.119. The number of nitrogens with one attached hydrogen (secondary N) is 3. The van der Waals surface area contributed by atoms with Gasteiger partial charge in [-0.3, -0.25) is 9.59 Å². The van der Waals surface area contributed by atoms with E-state index in [-0.39, 0.29) is 24.4 Å². The van der Waals surface area contributed by atoms with E-state index in [9.17, 15) is 9.59 Å². The summed E-state index contributed by atoms with van der Waals surface area (Å²) in [5.41, 5.74) is 2.08. The molecule has 2 aromatic carbocycles. The van der Waals surface area contributed by atoms with Crippen molar-refractivity contribution in [3.05, 3.63) is 58.6 Å². The fourth-order valence-electron chi connectivity index (χ4n) is 3.51. The third-order valence-corrected chi connectivity index (χ3v) is 5.58. The molecule has 0 unspecified atom stereocenters. The molecule has 0 saturated heterocycles. The van der Waals surface area contributed by atoms with Crippen molar-refractivity contribution < 1.29 is 14.3 Å². The van der Waals surface area contributed by atoms with Crippen LogP contribution in [0.3, 0.4) is 0 Å². The molecule has 0 aliphatic heterocycles. The number of carbonyl (C=O) groups is 2. The first-order valence-corrected chi connectivity index (χ1v) is 10.7. The molecule has 0 radical (unpaired) electrons. The van der Waals surface area contributed by atoms with Crippen LogP contribution in [0.1, 0.15) is 48.0 Å². The molecule has 30 heavy (non-hydrogen) atoms. The number of hydrogen-bond donors (Lipinski definition) is 3. The van der Waals surface area contributed by atoms with E-state index in [0.717, 1.165) is 37.0 Å². The largest absolute Gasteiger partial charge is 0.497 e. The monoisotopic (exact) mass is 429 g/mol. The van der Waals surface area contributed by atoms with E-state index in [2.05, 4.69) is 16.0 Å². The highest BCUT2D eigenvalue weighted by molar-refractivity contribution is 6.34. The Morgan fingerprint density at radius 3 is 2.50 bits per heavy atom. The number of amides is 2. The second kappa shape index (κ2) is 10.9. The lowest BCUT2D eigenvalue weighted by Gasteiger charge is -2.23. The van der Waals surface area contributed by atoms with Crippen LogP contribution in [-0.2, 0) is 11.3 Å². The average Bonchev–Trinajstić information content (AvgIpc) is 2.78. The van der Waals surface area contributed by atoms with Crippen LogP contribution in [0, 0.1) is 0 Å². The summed E-state index contributed by atoms with van der Waals surface area (Å²) in [6, 6.07) is 12.9. The molecular formula is C23H28ClN3O3. The van der Waals surface area contributed by atoms with E-state index in [1.165, 1.54) is 6.42 Å². The van der Waals surface area contributed by atoms with Crippen molar-refractivity contribution in [3.8, 4) is 5.75 Å². The molecule has 0 bridgehead atoms. The zero-order chi connectivity index (χ0) is 21.3.